The lowest BCUT2D eigenvalue weighted by Gasteiger charge is -2.21. The van der Waals surface area contributed by atoms with Crippen LogP contribution in [0.2, 0.25) is 5.02 Å². The van der Waals surface area contributed by atoms with Crippen molar-refractivity contribution >= 4 is 34.9 Å². The van der Waals surface area contributed by atoms with Gasteiger partial charge in [0.05, 0.1) is 24.9 Å². The van der Waals surface area contributed by atoms with Gasteiger partial charge in [-0.25, -0.2) is 4.39 Å². The highest BCUT2D eigenvalue weighted by molar-refractivity contribution is 6.32. The van der Waals surface area contributed by atoms with Crippen LogP contribution in [-0.2, 0) is 14.3 Å². The number of hydrogen-bond donors (Lipinski definition) is 1. The number of carbonyl (C=O) groups excluding carboxylic acids is 2. The molecule has 0 spiro atoms. The van der Waals surface area contributed by atoms with Crippen LogP contribution >= 0.6 is 11.6 Å². The van der Waals surface area contributed by atoms with Crippen LogP contribution in [0.25, 0.3) is 0 Å². The van der Waals surface area contributed by atoms with E-state index in [-0.39, 0.29) is 24.4 Å². The zero-order chi connectivity index (χ0) is 20.3. The van der Waals surface area contributed by atoms with E-state index in [9.17, 15) is 14.0 Å². The van der Waals surface area contributed by atoms with Gasteiger partial charge in [-0.2, -0.15) is 0 Å². The van der Waals surface area contributed by atoms with Crippen molar-refractivity contribution in [2.75, 3.05) is 25.6 Å². The number of halogens is 2. The second-order valence-corrected chi connectivity index (χ2v) is 6.64. The quantitative estimate of drug-likeness (QED) is 0.779. The average Bonchev–Trinajstić information content (AvgIpc) is 2.78. The van der Waals surface area contributed by atoms with Crippen molar-refractivity contribution in [2.45, 2.75) is 12.6 Å². The summed E-state index contributed by atoms with van der Waals surface area (Å²) in [6.07, 6.45) is -0.914. The average molecular weight is 404 g/mol. The Balaban J connectivity index is 2.07. The topological polar surface area (TPSA) is 71.0 Å². The number of methoxy groups -OCH3 is 1. The summed E-state index contributed by atoms with van der Waals surface area (Å²) in [5.41, 5.74) is 1.68. The standard InChI is InChI=1S/C20H19ClFN3O3/c1-25-16-8-7-12(21)11-14(16)18(13-5-3-4-6-15(13)22)24-19(20(25)27)23-10-9-17(26)28-2/h3-8,11,19,23H,9-10H2,1-2H3/t19-/m1/s1. The van der Waals surface area contributed by atoms with E-state index >= 15 is 0 Å². The molecule has 28 heavy (non-hydrogen) atoms. The van der Waals surface area contributed by atoms with Crippen molar-refractivity contribution in [1.29, 1.82) is 0 Å². The molecule has 2 aromatic rings. The number of anilines is 1. The first kappa shape index (κ1) is 20.0. The maximum absolute atomic E-state index is 14.5. The number of ether oxygens (including phenoxy) is 1. The molecule has 0 radical (unpaired) electrons. The van der Waals surface area contributed by atoms with Crippen molar-refractivity contribution in [3.8, 4) is 0 Å². The maximum atomic E-state index is 14.5. The molecule has 1 amide bonds. The van der Waals surface area contributed by atoms with Gasteiger partial charge in [-0.15, -0.1) is 0 Å². The Morgan fingerprint density at radius 3 is 2.75 bits per heavy atom. The van der Waals surface area contributed by atoms with Crippen molar-refractivity contribution in [2.24, 2.45) is 4.99 Å². The van der Waals surface area contributed by atoms with Crippen LogP contribution in [0.5, 0.6) is 0 Å². The number of rotatable bonds is 5. The van der Waals surface area contributed by atoms with E-state index in [1.807, 2.05) is 0 Å². The van der Waals surface area contributed by atoms with Crippen molar-refractivity contribution in [3.63, 3.8) is 0 Å². The van der Waals surface area contributed by atoms with Gasteiger partial charge < -0.3 is 9.64 Å². The molecular formula is C20H19ClFN3O3. The number of benzene rings is 2. The first-order chi connectivity index (χ1) is 13.4. The van der Waals surface area contributed by atoms with Gasteiger partial charge >= 0.3 is 5.97 Å². The smallest absolute Gasteiger partial charge is 0.306 e. The molecule has 2 aromatic carbocycles. The van der Waals surface area contributed by atoms with E-state index in [1.165, 1.54) is 18.1 Å². The van der Waals surface area contributed by atoms with Crippen LogP contribution in [0.1, 0.15) is 17.5 Å². The highest BCUT2D eigenvalue weighted by atomic mass is 35.5. The lowest BCUT2D eigenvalue weighted by Crippen LogP contribution is -2.44. The van der Waals surface area contributed by atoms with Gasteiger partial charge in [0.2, 0.25) is 0 Å². The summed E-state index contributed by atoms with van der Waals surface area (Å²) < 4.78 is 19.1. The molecule has 0 fully saturated rings. The summed E-state index contributed by atoms with van der Waals surface area (Å²) >= 11 is 6.16. The minimum absolute atomic E-state index is 0.0767. The van der Waals surface area contributed by atoms with Gasteiger partial charge in [0.25, 0.3) is 5.91 Å². The lowest BCUT2D eigenvalue weighted by molar-refractivity contribution is -0.140. The van der Waals surface area contributed by atoms with E-state index in [2.05, 4.69) is 15.0 Å². The van der Waals surface area contributed by atoms with Crippen molar-refractivity contribution < 1.29 is 18.7 Å². The maximum Gasteiger partial charge on any atom is 0.306 e. The number of carbonyl (C=O) groups is 2. The van der Waals surface area contributed by atoms with Crippen LogP contribution in [0.4, 0.5) is 10.1 Å². The van der Waals surface area contributed by atoms with Gasteiger partial charge in [-0.3, -0.25) is 19.9 Å². The summed E-state index contributed by atoms with van der Waals surface area (Å²) in [5, 5.41) is 3.39. The zero-order valence-corrected chi connectivity index (χ0v) is 16.2. The molecule has 0 aliphatic carbocycles. The van der Waals surface area contributed by atoms with Gasteiger partial charge in [0, 0.05) is 29.7 Å². The third kappa shape index (κ3) is 4.05. The van der Waals surface area contributed by atoms with E-state index in [0.717, 1.165) is 0 Å². The van der Waals surface area contributed by atoms with Gasteiger partial charge in [0.15, 0.2) is 6.17 Å². The highest BCUT2D eigenvalue weighted by Crippen LogP contribution is 2.30. The molecule has 1 aliphatic heterocycles. The van der Waals surface area contributed by atoms with E-state index < -0.39 is 18.0 Å². The molecule has 3 rings (SSSR count). The van der Waals surface area contributed by atoms with Gasteiger partial charge in [-0.05, 0) is 30.3 Å². The number of likely N-dealkylation sites (N-methyl/N-ethyl adjacent to an activating group) is 1. The summed E-state index contributed by atoms with van der Waals surface area (Å²) in [7, 11) is 2.91. The molecule has 6 nitrogen and oxygen atoms in total. The second-order valence-electron chi connectivity index (χ2n) is 6.20. The Morgan fingerprint density at radius 2 is 2.04 bits per heavy atom. The lowest BCUT2D eigenvalue weighted by atomic mass is 10.00. The minimum Gasteiger partial charge on any atom is -0.469 e. The van der Waals surface area contributed by atoms with Crippen LogP contribution in [-0.4, -0.2) is 44.5 Å². The number of fused-ring (bicyclic) bond motifs is 1. The van der Waals surface area contributed by atoms with E-state index in [1.54, 1.807) is 43.4 Å². The fourth-order valence-corrected chi connectivity index (χ4v) is 3.13. The molecule has 0 bridgehead atoms. The first-order valence-electron chi connectivity index (χ1n) is 8.62. The molecular weight excluding hydrogens is 385 g/mol. The molecule has 1 aliphatic rings. The summed E-state index contributed by atoms with van der Waals surface area (Å²) in [5.74, 6) is -1.20. The number of hydrogen-bond acceptors (Lipinski definition) is 5. The molecule has 0 unspecified atom stereocenters. The molecule has 8 heteroatoms. The Kier molecular flexibility index (Phi) is 6.06. The van der Waals surface area contributed by atoms with Crippen molar-refractivity contribution in [3.05, 3.63) is 64.4 Å². The predicted molar refractivity (Wildman–Crippen MR) is 105 cm³/mol. The third-order valence-electron chi connectivity index (χ3n) is 4.42. The zero-order valence-electron chi connectivity index (χ0n) is 15.4. The molecule has 1 heterocycles. The predicted octanol–water partition coefficient (Wildman–Crippen LogP) is 2.77. The number of nitrogens with zero attached hydrogens (tertiary/aromatic N) is 2. The van der Waals surface area contributed by atoms with Crippen LogP contribution < -0.4 is 10.2 Å². The molecule has 0 saturated carbocycles. The normalized spacial score (nSPS) is 16.3. The fraction of sp³-hybridized carbons (Fsp3) is 0.250. The van der Waals surface area contributed by atoms with Gasteiger partial charge in [-0.1, -0.05) is 23.7 Å². The Morgan fingerprint density at radius 1 is 1.29 bits per heavy atom. The number of benzodiazepines with no additional fused rings is 1. The molecule has 146 valence electrons. The summed E-state index contributed by atoms with van der Waals surface area (Å²) in [6, 6.07) is 11.2. The molecule has 0 saturated heterocycles. The molecule has 0 aromatic heterocycles. The monoisotopic (exact) mass is 403 g/mol. The van der Waals surface area contributed by atoms with Crippen molar-refractivity contribution in [1.82, 2.24) is 5.32 Å². The fourth-order valence-electron chi connectivity index (χ4n) is 2.96. The van der Waals surface area contributed by atoms with E-state index in [0.29, 0.717) is 22.0 Å². The number of amides is 1. The third-order valence-corrected chi connectivity index (χ3v) is 4.66. The largest absolute Gasteiger partial charge is 0.469 e. The highest BCUT2D eigenvalue weighted by Gasteiger charge is 2.30. The molecule has 1 N–H and O–H groups in total. The minimum atomic E-state index is -0.990. The van der Waals surface area contributed by atoms with Crippen LogP contribution in [0.3, 0.4) is 0 Å². The number of aliphatic imine (C=N–C) groups is 1. The summed E-state index contributed by atoms with van der Waals surface area (Å²) in [6.45, 7) is 0.183. The van der Waals surface area contributed by atoms with Crippen LogP contribution in [0.15, 0.2) is 47.5 Å². The van der Waals surface area contributed by atoms with E-state index in [4.69, 9.17) is 11.6 Å². The van der Waals surface area contributed by atoms with Crippen LogP contribution in [0, 0.1) is 5.82 Å². The second kappa shape index (κ2) is 8.50. The molecule has 1 atom stereocenters. The summed E-state index contributed by atoms with van der Waals surface area (Å²) in [4.78, 5) is 30.2. The number of nitrogens with one attached hydrogen (secondary N) is 1. The Hall–Kier alpha value is -2.77. The Bertz CT molecular complexity index is 948. The Labute approximate surface area is 167 Å². The SMILES string of the molecule is COC(=O)CCN[C@@H]1N=C(c2ccccc2F)c2cc(Cl)ccc2N(C)C1=O. The van der Waals surface area contributed by atoms with Gasteiger partial charge in [0.1, 0.15) is 5.82 Å². The number of esters is 1. The first-order valence-corrected chi connectivity index (χ1v) is 9.00.